The van der Waals surface area contributed by atoms with E-state index in [9.17, 15) is 4.79 Å². The Balaban J connectivity index is 2.28. The number of ether oxygens (including phenoxy) is 2. The standard InChI is InChI=1S/C13H25NO3/c1-3-6-13(7-5-8-14-13)12(15)17-11-10-16-9-4-2/h14H,3-11H2,1-2H3. The fourth-order valence-electron chi connectivity index (χ4n) is 2.30. The van der Waals surface area contributed by atoms with E-state index in [1.54, 1.807) is 0 Å². The predicted molar refractivity (Wildman–Crippen MR) is 66.9 cm³/mol. The van der Waals surface area contributed by atoms with Gasteiger partial charge in [-0.15, -0.1) is 0 Å². The SMILES string of the molecule is CCCOCCOC(=O)C1(CCC)CCCN1. The van der Waals surface area contributed by atoms with E-state index in [1.807, 2.05) is 0 Å². The molecule has 0 saturated carbocycles. The fourth-order valence-corrected chi connectivity index (χ4v) is 2.30. The summed E-state index contributed by atoms with van der Waals surface area (Å²) in [6.07, 6.45) is 4.81. The van der Waals surface area contributed by atoms with Crippen molar-refractivity contribution >= 4 is 5.97 Å². The van der Waals surface area contributed by atoms with Crippen LogP contribution in [0.25, 0.3) is 0 Å². The van der Waals surface area contributed by atoms with E-state index in [1.165, 1.54) is 0 Å². The Labute approximate surface area is 104 Å². The molecule has 0 aromatic heterocycles. The minimum absolute atomic E-state index is 0.100. The van der Waals surface area contributed by atoms with Gasteiger partial charge in [0.2, 0.25) is 0 Å². The quantitative estimate of drug-likeness (QED) is 0.522. The van der Waals surface area contributed by atoms with Crippen LogP contribution in [-0.2, 0) is 14.3 Å². The number of rotatable bonds is 8. The zero-order chi connectivity index (χ0) is 12.6. The van der Waals surface area contributed by atoms with Gasteiger partial charge in [0, 0.05) is 6.61 Å². The Morgan fingerprint density at radius 3 is 2.65 bits per heavy atom. The summed E-state index contributed by atoms with van der Waals surface area (Å²) < 4.78 is 10.6. The van der Waals surface area contributed by atoms with Crippen molar-refractivity contribution in [3.8, 4) is 0 Å². The summed E-state index contributed by atoms with van der Waals surface area (Å²) in [7, 11) is 0. The lowest BCUT2D eigenvalue weighted by molar-refractivity contribution is -0.153. The van der Waals surface area contributed by atoms with Crippen molar-refractivity contribution in [2.24, 2.45) is 0 Å². The van der Waals surface area contributed by atoms with Crippen molar-refractivity contribution in [1.82, 2.24) is 5.32 Å². The van der Waals surface area contributed by atoms with Gasteiger partial charge in [0.05, 0.1) is 6.61 Å². The van der Waals surface area contributed by atoms with E-state index in [2.05, 4.69) is 19.2 Å². The third kappa shape index (κ3) is 4.28. The lowest BCUT2D eigenvalue weighted by Crippen LogP contribution is -2.48. The summed E-state index contributed by atoms with van der Waals surface area (Å²) in [6.45, 7) is 6.68. The average molecular weight is 243 g/mol. The Bertz CT molecular complexity index is 225. The molecule has 1 saturated heterocycles. The van der Waals surface area contributed by atoms with Crippen molar-refractivity contribution in [3.05, 3.63) is 0 Å². The maximum atomic E-state index is 12.0. The minimum atomic E-state index is -0.417. The predicted octanol–water partition coefficient (Wildman–Crippen LogP) is 1.88. The Morgan fingerprint density at radius 2 is 2.06 bits per heavy atom. The van der Waals surface area contributed by atoms with Crippen molar-refractivity contribution in [2.75, 3.05) is 26.4 Å². The van der Waals surface area contributed by atoms with Crippen molar-refractivity contribution in [2.45, 2.75) is 51.5 Å². The Morgan fingerprint density at radius 1 is 1.24 bits per heavy atom. The fraction of sp³-hybridized carbons (Fsp3) is 0.923. The summed E-state index contributed by atoms with van der Waals surface area (Å²) in [5.74, 6) is -0.100. The molecule has 4 nitrogen and oxygen atoms in total. The molecule has 0 aliphatic carbocycles. The molecule has 1 unspecified atom stereocenters. The van der Waals surface area contributed by atoms with Gasteiger partial charge in [-0.2, -0.15) is 0 Å². The molecule has 1 aliphatic rings. The maximum Gasteiger partial charge on any atom is 0.326 e. The summed E-state index contributed by atoms with van der Waals surface area (Å²) >= 11 is 0. The van der Waals surface area contributed by atoms with Crippen molar-refractivity contribution in [3.63, 3.8) is 0 Å². The molecule has 0 spiro atoms. The van der Waals surface area contributed by atoms with Crippen LogP contribution in [0.3, 0.4) is 0 Å². The van der Waals surface area contributed by atoms with E-state index in [4.69, 9.17) is 9.47 Å². The molecule has 1 aliphatic heterocycles. The molecule has 1 rings (SSSR count). The molecular formula is C13H25NO3. The smallest absolute Gasteiger partial charge is 0.326 e. The molecular weight excluding hydrogens is 218 g/mol. The number of nitrogens with one attached hydrogen (secondary N) is 1. The topological polar surface area (TPSA) is 47.6 Å². The lowest BCUT2D eigenvalue weighted by atomic mass is 9.92. The molecule has 100 valence electrons. The average Bonchev–Trinajstić information content (AvgIpc) is 2.79. The minimum Gasteiger partial charge on any atom is -0.462 e. The van der Waals surface area contributed by atoms with Gasteiger partial charge in [0.1, 0.15) is 12.1 Å². The van der Waals surface area contributed by atoms with E-state index >= 15 is 0 Å². The van der Waals surface area contributed by atoms with Gasteiger partial charge in [0.25, 0.3) is 0 Å². The molecule has 1 atom stereocenters. The number of carbonyl (C=O) groups is 1. The highest BCUT2D eigenvalue weighted by atomic mass is 16.6. The monoisotopic (exact) mass is 243 g/mol. The van der Waals surface area contributed by atoms with Gasteiger partial charge in [-0.1, -0.05) is 20.3 Å². The van der Waals surface area contributed by atoms with Crippen LogP contribution in [0.15, 0.2) is 0 Å². The molecule has 1 fully saturated rings. The first-order valence-electron chi connectivity index (χ1n) is 6.75. The van der Waals surface area contributed by atoms with Gasteiger partial charge >= 0.3 is 5.97 Å². The van der Waals surface area contributed by atoms with Crippen LogP contribution in [0.4, 0.5) is 0 Å². The highest BCUT2D eigenvalue weighted by Crippen LogP contribution is 2.26. The summed E-state index contributed by atoms with van der Waals surface area (Å²) in [6, 6.07) is 0. The first-order chi connectivity index (χ1) is 8.25. The van der Waals surface area contributed by atoms with Gasteiger partial charge in [0.15, 0.2) is 0 Å². The Hall–Kier alpha value is -0.610. The molecule has 0 radical (unpaired) electrons. The van der Waals surface area contributed by atoms with E-state index in [0.717, 1.165) is 45.3 Å². The zero-order valence-electron chi connectivity index (χ0n) is 11.1. The second-order valence-electron chi connectivity index (χ2n) is 4.61. The molecule has 0 aromatic carbocycles. The molecule has 0 bridgehead atoms. The van der Waals surface area contributed by atoms with E-state index in [0.29, 0.717) is 13.2 Å². The van der Waals surface area contributed by atoms with E-state index in [-0.39, 0.29) is 5.97 Å². The normalized spacial score (nSPS) is 23.9. The van der Waals surface area contributed by atoms with Gasteiger partial charge < -0.3 is 14.8 Å². The molecule has 1 heterocycles. The molecule has 1 N–H and O–H groups in total. The first kappa shape index (κ1) is 14.5. The Kier molecular flexibility index (Phi) is 6.52. The highest BCUT2D eigenvalue weighted by Gasteiger charge is 2.41. The van der Waals surface area contributed by atoms with Crippen LogP contribution in [0.1, 0.15) is 46.0 Å². The lowest BCUT2D eigenvalue weighted by Gasteiger charge is -2.26. The number of hydrogen-bond acceptors (Lipinski definition) is 4. The second-order valence-corrected chi connectivity index (χ2v) is 4.61. The van der Waals surface area contributed by atoms with Crippen LogP contribution >= 0.6 is 0 Å². The van der Waals surface area contributed by atoms with Crippen LogP contribution < -0.4 is 5.32 Å². The van der Waals surface area contributed by atoms with Crippen LogP contribution in [0, 0.1) is 0 Å². The first-order valence-corrected chi connectivity index (χ1v) is 6.75. The van der Waals surface area contributed by atoms with Crippen molar-refractivity contribution < 1.29 is 14.3 Å². The summed E-state index contributed by atoms with van der Waals surface area (Å²) in [5, 5.41) is 3.31. The van der Waals surface area contributed by atoms with Crippen LogP contribution in [-0.4, -0.2) is 37.9 Å². The largest absolute Gasteiger partial charge is 0.462 e. The second kappa shape index (κ2) is 7.67. The number of carbonyl (C=O) groups excluding carboxylic acids is 1. The van der Waals surface area contributed by atoms with Gasteiger partial charge in [-0.05, 0) is 32.2 Å². The molecule has 0 amide bonds. The molecule has 17 heavy (non-hydrogen) atoms. The molecule has 4 heteroatoms. The maximum absolute atomic E-state index is 12.0. The third-order valence-corrected chi connectivity index (χ3v) is 3.12. The summed E-state index contributed by atoms with van der Waals surface area (Å²) in [4.78, 5) is 12.0. The van der Waals surface area contributed by atoms with E-state index < -0.39 is 5.54 Å². The highest BCUT2D eigenvalue weighted by molar-refractivity contribution is 5.81. The number of esters is 1. The van der Waals surface area contributed by atoms with Crippen LogP contribution in [0.5, 0.6) is 0 Å². The zero-order valence-corrected chi connectivity index (χ0v) is 11.1. The van der Waals surface area contributed by atoms with Gasteiger partial charge in [-0.25, -0.2) is 0 Å². The third-order valence-electron chi connectivity index (χ3n) is 3.12. The summed E-state index contributed by atoms with van der Waals surface area (Å²) in [5.41, 5.74) is -0.417. The van der Waals surface area contributed by atoms with Crippen LogP contribution in [0.2, 0.25) is 0 Å². The van der Waals surface area contributed by atoms with Gasteiger partial charge in [-0.3, -0.25) is 4.79 Å². The van der Waals surface area contributed by atoms with Crippen molar-refractivity contribution in [1.29, 1.82) is 0 Å². The number of hydrogen-bond donors (Lipinski definition) is 1. The molecule has 0 aromatic rings.